The SMILES string of the molecule is Cc1ccnc2c1CCO2. The summed E-state index contributed by atoms with van der Waals surface area (Å²) >= 11 is 0. The number of fused-ring (bicyclic) bond motifs is 1. The summed E-state index contributed by atoms with van der Waals surface area (Å²) in [5.74, 6) is 0.833. The van der Waals surface area contributed by atoms with Gasteiger partial charge in [-0.2, -0.15) is 0 Å². The molecule has 0 radical (unpaired) electrons. The van der Waals surface area contributed by atoms with Gasteiger partial charge in [0.2, 0.25) is 5.88 Å². The van der Waals surface area contributed by atoms with E-state index in [4.69, 9.17) is 4.74 Å². The van der Waals surface area contributed by atoms with Crippen molar-refractivity contribution in [2.75, 3.05) is 6.61 Å². The largest absolute Gasteiger partial charge is 0.477 e. The first kappa shape index (κ1) is 5.71. The molecule has 0 aliphatic carbocycles. The summed E-state index contributed by atoms with van der Waals surface area (Å²) in [6.45, 7) is 2.89. The topological polar surface area (TPSA) is 22.1 Å². The van der Waals surface area contributed by atoms with Crippen LogP contribution in [-0.4, -0.2) is 11.6 Å². The average Bonchev–Trinajstić information content (AvgIpc) is 2.36. The van der Waals surface area contributed by atoms with Crippen LogP contribution in [0.3, 0.4) is 0 Å². The van der Waals surface area contributed by atoms with Gasteiger partial charge in [-0.1, -0.05) is 0 Å². The highest BCUT2D eigenvalue weighted by atomic mass is 16.5. The van der Waals surface area contributed by atoms with Crippen molar-refractivity contribution in [1.29, 1.82) is 0 Å². The fourth-order valence-corrected chi connectivity index (χ4v) is 1.24. The maximum atomic E-state index is 5.27. The molecule has 52 valence electrons. The number of rotatable bonds is 0. The minimum absolute atomic E-state index is 0.799. The Morgan fingerprint density at radius 1 is 1.60 bits per heavy atom. The molecule has 0 aromatic carbocycles. The third kappa shape index (κ3) is 0.685. The lowest BCUT2D eigenvalue weighted by atomic mass is 10.1. The van der Waals surface area contributed by atoms with Crippen molar-refractivity contribution in [2.45, 2.75) is 13.3 Å². The molecule has 0 fully saturated rings. The van der Waals surface area contributed by atoms with E-state index >= 15 is 0 Å². The highest BCUT2D eigenvalue weighted by Crippen LogP contribution is 2.24. The Balaban J connectivity index is 2.59. The average molecular weight is 135 g/mol. The van der Waals surface area contributed by atoms with E-state index in [1.54, 1.807) is 6.20 Å². The van der Waals surface area contributed by atoms with Gasteiger partial charge in [-0.05, 0) is 18.6 Å². The summed E-state index contributed by atoms with van der Waals surface area (Å²) in [6, 6.07) is 2.02. The maximum Gasteiger partial charge on any atom is 0.216 e. The fourth-order valence-electron chi connectivity index (χ4n) is 1.24. The van der Waals surface area contributed by atoms with Crippen LogP contribution in [0, 0.1) is 6.92 Å². The molecule has 1 aromatic rings. The molecule has 0 bridgehead atoms. The molecule has 1 aliphatic rings. The molecule has 10 heavy (non-hydrogen) atoms. The summed E-state index contributed by atoms with van der Waals surface area (Å²) in [5, 5.41) is 0. The van der Waals surface area contributed by atoms with E-state index in [-0.39, 0.29) is 0 Å². The van der Waals surface area contributed by atoms with Gasteiger partial charge >= 0.3 is 0 Å². The summed E-state index contributed by atoms with van der Waals surface area (Å²) in [7, 11) is 0. The predicted molar refractivity (Wildman–Crippen MR) is 38.2 cm³/mol. The summed E-state index contributed by atoms with van der Waals surface area (Å²) in [5.41, 5.74) is 2.57. The predicted octanol–water partition coefficient (Wildman–Crippen LogP) is 1.32. The summed E-state index contributed by atoms with van der Waals surface area (Å²) in [6.07, 6.45) is 2.81. The Bertz CT molecular complexity index is 257. The van der Waals surface area contributed by atoms with Gasteiger partial charge in [0.15, 0.2) is 0 Å². The van der Waals surface area contributed by atoms with Crippen molar-refractivity contribution in [1.82, 2.24) is 4.98 Å². The number of pyridine rings is 1. The Morgan fingerprint density at radius 3 is 3.30 bits per heavy atom. The third-order valence-electron chi connectivity index (χ3n) is 1.84. The van der Waals surface area contributed by atoms with Crippen molar-refractivity contribution in [3.63, 3.8) is 0 Å². The third-order valence-corrected chi connectivity index (χ3v) is 1.84. The van der Waals surface area contributed by atoms with Gasteiger partial charge in [0.1, 0.15) is 0 Å². The zero-order chi connectivity index (χ0) is 6.97. The second-order valence-electron chi connectivity index (χ2n) is 2.51. The van der Waals surface area contributed by atoms with E-state index in [1.807, 2.05) is 6.07 Å². The summed E-state index contributed by atoms with van der Waals surface area (Å²) < 4.78 is 5.27. The number of aryl methyl sites for hydroxylation is 1. The van der Waals surface area contributed by atoms with Crippen molar-refractivity contribution < 1.29 is 4.74 Å². The van der Waals surface area contributed by atoms with Gasteiger partial charge in [0.05, 0.1) is 6.61 Å². The molecular weight excluding hydrogens is 126 g/mol. The monoisotopic (exact) mass is 135 g/mol. The Morgan fingerprint density at radius 2 is 2.50 bits per heavy atom. The zero-order valence-electron chi connectivity index (χ0n) is 5.92. The van der Waals surface area contributed by atoms with Crippen LogP contribution in [0.5, 0.6) is 5.88 Å². The number of ether oxygens (including phenoxy) is 1. The highest BCUT2D eigenvalue weighted by Gasteiger charge is 2.13. The lowest BCUT2D eigenvalue weighted by Gasteiger charge is -1.97. The fraction of sp³-hybridized carbons (Fsp3) is 0.375. The molecule has 0 atom stereocenters. The van der Waals surface area contributed by atoms with Gasteiger partial charge in [-0.15, -0.1) is 0 Å². The standard InChI is InChI=1S/C8H9NO/c1-6-2-4-9-8-7(6)3-5-10-8/h2,4H,3,5H2,1H3. The number of aromatic nitrogens is 1. The second-order valence-corrected chi connectivity index (χ2v) is 2.51. The second kappa shape index (κ2) is 1.97. The summed E-state index contributed by atoms with van der Waals surface area (Å²) in [4.78, 5) is 4.10. The highest BCUT2D eigenvalue weighted by molar-refractivity contribution is 5.35. The Labute approximate surface area is 59.9 Å². The van der Waals surface area contributed by atoms with Crippen LogP contribution in [-0.2, 0) is 6.42 Å². The molecule has 2 heteroatoms. The first-order chi connectivity index (χ1) is 4.88. The minimum atomic E-state index is 0.799. The molecule has 0 spiro atoms. The van der Waals surface area contributed by atoms with Crippen LogP contribution in [0.4, 0.5) is 0 Å². The van der Waals surface area contributed by atoms with Crippen LogP contribution in [0.1, 0.15) is 11.1 Å². The van der Waals surface area contributed by atoms with Crippen LogP contribution >= 0.6 is 0 Å². The van der Waals surface area contributed by atoms with E-state index in [2.05, 4.69) is 11.9 Å². The van der Waals surface area contributed by atoms with Crippen molar-refractivity contribution >= 4 is 0 Å². The molecule has 2 nitrogen and oxygen atoms in total. The molecule has 0 unspecified atom stereocenters. The minimum Gasteiger partial charge on any atom is -0.477 e. The molecule has 0 saturated carbocycles. The van der Waals surface area contributed by atoms with Crippen molar-refractivity contribution in [2.24, 2.45) is 0 Å². The van der Waals surface area contributed by atoms with E-state index < -0.39 is 0 Å². The zero-order valence-corrected chi connectivity index (χ0v) is 5.92. The number of hydrogen-bond acceptors (Lipinski definition) is 2. The molecule has 1 aromatic heterocycles. The normalized spacial score (nSPS) is 14.5. The van der Waals surface area contributed by atoms with Crippen LogP contribution < -0.4 is 4.74 Å². The maximum absolute atomic E-state index is 5.27. The lowest BCUT2D eigenvalue weighted by Crippen LogP contribution is -1.87. The number of nitrogens with zero attached hydrogens (tertiary/aromatic N) is 1. The molecule has 2 heterocycles. The molecule has 0 saturated heterocycles. The van der Waals surface area contributed by atoms with E-state index in [0.29, 0.717) is 0 Å². The molecular formula is C8H9NO. The van der Waals surface area contributed by atoms with Crippen LogP contribution in [0.25, 0.3) is 0 Å². The van der Waals surface area contributed by atoms with Crippen molar-refractivity contribution in [3.8, 4) is 5.88 Å². The first-order valence-corrected chi connectivity index (χ1v) is 3.45. The van der Waals surface area contributed by atoms with E-state index in [0.717, 1.165) is 18.9 Å². The molecule has 1 aliphatic heterocycles. The van der Waals surface area contributed by atoms with E-state index in [9.17, 15) is 0 Å². The van der Waals surface area contributed by atoms with Crippen LogP contribution in [0.15, 0.2) is 12.3 Å². The lowest BCUT2D eigenvalue weighted by molar-refractivity contribution is 0.345. The van der Waals surface area contributed by atoms with Gasteiger partial charge in [-0.25, -0.2) is 4.98 Å². The van der Waals surface area contributed by atoms with Gasteiger partial charge in [0, 0.05) is 18.2 Å². The van der Waals surface area contributed by atoms with Crippen molar-refractivity contribution in [3.05, 3.63) is 23.4 Å². The number of hydrogen-bond donors (Lipinski definition) is 0. The quantitative estimate of drug-likeness (QED) is 0.535. The van der Waals surface area contributed by atoms with Crippen LogP contribution in [0.2, 0.25) is 0 Å². The molecule has 0 N–H and O–H groups in total. The molecule has 0 amide bonds. The first-order valence-electron chi connectivity index (χ1n) is 3.45. The van der Waals surface area contributed by atoms with Gasteiger partial charge in [0.25, 0.3) is 0 Å². The Hall–Kier alpha value is -1.05. The van der Waals surface area contributed by atoms with Gasteiger partial charge < -0.3 is 4.74 Å². The molecule has 2 rings (SSSR count). The van der Waals surface area contributed by atoms with E-state index in [1.165, 1.54) is 11.1 Å². The smallest absolute Gasteiger partial charge is 0.216 e. The Kier molecular flexibility index (Phi) is 1.13. The van der Waals surface area contributed by atoms with Gasteiger partial charge in [-0.3, -0.25) is 0 Å².